The number of rotatable bonds is 6. The maximum atomic E-state index is 12.7. The molecule has 9 heteroatoms. The maximum Gasteiger partial charge on any atom is 0.278 e. The Kier molecular flexibility index (Phi) is 6.66. The Labute approximate surface area is 194 Å². The minimum Gasteiger partial charge on any atom is -0.368 e. The second kappa shape index (κ2) is 9.62. The quantitative estimate of drug-likeness (QED) is 0.381. The first-order valence-electron chi connectivity index (χ1n) is 10.4. The summed E-state index contributed by atoms with van der Waals surface area (Å²) in [6.45, 7) is 3.96. The molecule has 3 aromatic rings. The molecule has 2 aromatic carbocycles. The van der Waals surface area contributed by atoms with Crippen LogP contribution in [0, 0.1) is 10.1 Å². The Hall–Kier alpha value is -3.04. The first-order valence-corrected chi connectivity index (χ1v) is 11.2. The average molecular weight is 498 g/mol. The zero-order chi connectivity index (χ0) is 22.7. The van der Waals surface area contributed by atoms with E-state index < -0.39 is 0 Å². The van der Waals surface area contributed by atoms with E-state index in [-0.39, 0.29) is 16.5 Å². The molecule has 0 aliphatic carbocycles. The van der Waals surface area contributed by atoms with Crippen LogP contribution in [0.5, 0.6) is 0 Å². The van der Waals surface area contributed by atoms with Gasteiger partial charge in [0.1, 0.15) is 0 Å². The highest BCUT2D eigenvalue weighted by Gasteiger charge is 2.23. The SMILES string of the molecule is CN(Cc1ccc(Br)cc1)C(=O)CN1CCN(c2ccc([N+](=O)[O-])c3cnccc23)CC1. The predicted molar refractivity (Wildman–Crippen MR) is 128 cm³/mol. The maximum absolute atomic E-state index is 12.7. The molecule has 0 atom stereocenters. The van der Waals surface area contributed by atoms with E-state index in [2.05, 4.69) is 30.7 Å². The number of piperazine rings is 1. The minimum absolute atomic E-state index is 0.0647. The van der Waals surface area contributed by atoms with Gasteiger partial charge in [0.25, 0.3) is 5.69 Å². The van der Waals surface area contributed by atoms with E-state index in [1.807, 2.05) is 43.4 Å². The van der Waals surface area contributed by atoms with E-state index in [0.717, 1.165) is 47.3 Å². The van der Waals surface area contributed by atoms with Gasteiger partial charge in [0.15, 0.2) is 0 Å². The summed E-state index contributed by atoms with van der Waals surface area (Å²) in [7, 11) is 1.83. The molecule has 0 bridgehead atoms. The lowest BCUT2D eigenvalue weighted by molar-refractivity contribution is -0.383. The highest BCUT2D eigenvalue weighted by atomic mass is 79.9. The van der Waals surface area contributed by atoms with Crippen LogP contribution in [0.3, 0.4) is 0 Å². The van der Waals surface area contributed by atoms with Crippen molar-refractivity contribution in [2.45, 2.75) is 6.54 Å². The summed E-state index contributed by atoms with van der Waals surface area (Å²) in [5.74, 6) is 0.0910. The number of aromatic nitrogens is 1. The van der Waals surface area contributed by atoms with Crippen molar-refractivity contribution in [3.8, 4) is 0 Å². The number of halogens is 1. The number of benzene rings is 2. The minimum atomic E-state index is -0.373. The van der Waals surface area contributed by atoms with E-state index >= 15 is 0 Å². The summed E-state index contributed by atoms with van der Waals surface area (Å²) in [6.07, 6.45) is 3.21. The second-order valence-corrected chi connectivity index (χ2v) is 8.84. The van der Waals surface area contributed by atoms with Gasteiger partial charge in [-0.15, -0.1) is 0 Å². The Morgan fingerprint density at radius 3 is 2.50 bits per heavy atom. The van der Waals surface area contributed by atoms with Crippen molar-refractivity contribution in [2.24, 2.45) is 0 Å². The molecule has 1 fully saturated rings. The van der Waals surface area contributed by atoms with Gasteiger partial charge in [-0.05, 0) is 29.8 Å². The number of carbonyl (C=O) groups is 1. The number of non-ortho nitro benzene ring substituents is 1. The molecule has 8 nitrogen and oxygen atoms in total. The number of fused-ring (bicyclic) bond motifs is 1. The lowest BCUT2D eigenvalue weighted by Crippen LogP contribution is -2.49. The van der Waals surface area contributed by atoms with Crippen molar-refractivity contribution < 1.29 is 9.72 Å². The number of likely N-dealkylation sites (N-methyl/N-ethyl adjacent to an activating group) is 1. The van der Waals surface area contributed by atoms with Crippen LogP contribution in [0.2, 0.25) is 0 Å². The molecule has 1 aliphatic heterocycles. The third kappa shape index (κ3) is 4.89. The molecular weight excluding hydrogens is 474 g/mol. The highest BCUT2D eigenvalue weighted by molar-refractivity contribution is 9.10. The van der Waals surface area contributed by atoms with E-state index in [1.165, 1.54) is 0 Å². The number of anilines is 1. The molecular formula is C23H24BrN5O3. The van der Waals surface area contributed by atoms with Gasteiger partial charge in [-0.2, -0.15) is 0 Å². The molecule has 0 spiro atoms. The number of nitro benzene ring substituents is 1. The number of hydrogen-bond acceptors (Lipinski definition) is 6. The summed E-state index contributed by atoms with van der Waals surface area (Å²) < 4.78 is 1.02. The number of carbonyl (C=O) groups excluding carboxylic acids is 1. The van der Waals surface area contributed by atoms with Crippen molar-refractivity contribution in [3.05, 3.63) is 75.0 Å². The molecule has 1 aliphatic rings. The van der Waals surface area contributed by atoms with Crippen molar-refractivity contribution >= 4 is 44.0 Å². The second-order valence-electron chi connectivity index (χ2n) is 7.92. The molecule has 1 saturated heterocycles. The topological polar surface area (TPSA) is 82.8 Å². The lowest BCUT2D eigenvalue weighted by Gasteiger charge is -2.36. The number of nitro groups is 1. The first kappa shape index (κ1) is 22.2. The van der Waals surface area contributed by atoms with Crippen LogP contribution in [0.4, 0.5) is 11.4 Å². The van der Waals surface area contributed by atoms with Crippen molar-refractivity contribution in [1.29, 1.82) is 0 Å². The third-order valence-corrected chi connectivity index (χ3v) is 6.33. The summed E-state index contributed by atoms with van der Waals surface area (Å²) in [5.41, 5.74) is 2.12. The number of nitrogens with zero attached hydrogens (tertiary/aromatic N) is 5. The fourth-order valence-corrected chi connectivity index (χ4v) is 4.27. The fourth-order valence-electron chi connectivity index (χ4n) is 4.01. The molecule has 0 radical (unpaired) electrons. The third-order valence-electron chi connectivity index (χ3n) is 5.80. The van der Waals surface area contributed by atoms with Gasteiger partial charge in [0.2, 0.25) is 5.91 Å². The van der Waals surface area contributed by atoms with Gasteiger partial charge in [0.05, 0.1) is 16.9 Å². The average Bonchev–Trinajstić information content (AvgIpc) is 2.80. The van der Waals surface area contributed by atoms with E-state index in [0.29, 0.717) is 18.5 Å². The fraction of sp³-hybridized carbons (Fsp3) is 0.304. The van der Waals surface area contributed by atoms with Crippen molar-refractivity contribution in [1.82, 2.24) is 14.8 Å². The van der Waals surface area contributed by atoms with Crippen LogP contribution in [0.1, 0.15) is 5.56 Å². The number of amides is 1. The van der Waals surface area contributed by atoms with Crippen molar-refractivity contribution in [3.63, 3.8) is 0 Å². The Morgan fingerprint density at radius 1 is 1.09 bits per heavy atom. The van der Waals surface area contributed by atoms with Gasteiger partial charge in [-0.3, -0.25) is 24.8 Å². The van der Waals surface area contributed by atoms with Gasteiger partial charge in [-0.1, -0.05) is 28.1 Å². The van der Waals surface area contributed by atoms with Gasteiger partial charge in [0, 0.05) is 73.8 Å². The monoisotopic (exact) mass is 497 g/mol. The van der Waals surface area contributed by atoms with Crippen LogP contribution in [0.25, 0.3) is 10.8 Å². The Morgan fingerprint density at radius 2 is 1.81 bits per heavy atom. The van der Waals surface area contributed by atoms with Crippen LogP contribution >= 0.6 is 15.9 Å². The standard InChI is InChI=1S/C23H24BrN5O3/c1-26(15-17-2-4-18(24)5-3-17)23(30)16-27-10-12-28(13-11-27)21-6-7-22(29(31)32)20-14-25-9-8-19(20)21/h2-9,14H,10-13,15-16H2,1H3. The number of hydrogen-bond donors (Lipinski definition) is 0. The number of pyridine rings is 1. The normalized spacial score (nSPS) is 14.5. The molecule has 166 valence electrons. The first-order chi connectivity index (χ1) is 15.4. The van der Waals surface area contributed by atoms with E-state index in [9.17, 15) is 14.9 Å². The smallest absolute Gasteiger partial charge is 0.278 e. The molecule has 1 amide bonds. The molecule has 32 heavy (non-hydrogen) atoms. The molecule has 0 unspecified atom stereocenters. The summed E-state index contributed by atoms with van der Waals surface area (Å²) in [5, 5.41) is 12.7. The van der Waals surface area contributed by atoms with Gasteiger partial charge in [-0.25, -0.2) is 0 Å². The summed E-state index contributed by atoms with van der Waals surface area (Å²) in [4.78, 5) is 33.9. The lowest BCUT2D eigenvalue weighted by atomic mass is 10.1. The molecule has 0 saturated carbocycles. The highest BCUT2D eigenvalue weighted by Crippen LogP contribution is 2.33. The largest absolute Gasteiger partial charge is 0.368 e. The van der Waals surface area contributed by atoms with Crippen LogP contribution in [-0.4, -0.2) is 65.4 Å². The van der Waals surface area contributed by atoms with Crippen LogP contribution in [-0.2, 0) is 11.3 Å². The van der Waals surface area contributed by atoms with Crippen LogP contribution in [0.15, 0.2) is 59.3 Å². The molecule has 4 rings (SSSR count). The molecule has 0 N–H and O–H groups in total. The molecule has 2 heterocycles. The zero-order valence-corrected chi connectivity index (χ0v) is 19.4. The molecule has 1 aromatic heterocycles. The van der Waals surface area contributed by atoms with Gasteiger partial charge >= 0.3 is 0 Å². The Bertz CT molecular complexity index is 1130. The summed E-state index contributed by atoms with van der Waals surface area (Å²) in [6, 6.07) is 13.2. The van der Waals surface area contributed by atoms with Crippen LogP contribution < -0.4 is 4.90 Å². The predicted octanol–water partition coefficient (Wildman–Crippen LogP) is 3.69. The summed E-state index contributed by atoms with van der Waals surface area (Å²) >= 11 is 3.43. The van der Waals surface area contributed by atoms with E-state index in [4.69, 9.17) is 0 Å². The van der Waals surface area contributed by atoms with Crippen molar-refractivity contribution in [2.75, 3.05) is 44.7 Å². The zero-order valence-electron chi connectivity index (χ0n) is 17.8. The van der Waals surface area contributed by atoms with Gasteiger partial charge < -0.3 is 9.80 Å². The van der Waals surface area contributed by atoms with E-state index in [1.54, 1.807) is 23.4 Å². The Balaban J connectivity index is 1.37.